The van der Waals surface area contributed by atoms with Gasteiger partial charge in [-0.1, -0.05) is 6.92 Å². The number of aliphatic carboxylic acids is 1. The van der Waals surface area contributed by atoms with E-state index in [-0.39, 0.29) is 29.3 Å². The second-order valence-electron chi connectivity index (χ2n) is 4.30. The summed E-state index contributed by atoms with van der Waals surface area (Å²) in [6.07, 6.45) is 0.0460. The van der Waals surface area contributed by atoms with Crippen LogP contribution in [0.4, 0.5) is 11.4 Å². The number of nitro benzene ring substituents is 1. The molecule has 0 aliphatic heterocycles. The number of carboxylic acid groups (broad SMARTS) is 1. The average Bonchev–Trinajstić information content (AvgIpc) is 2.51. The molecule has 0 saturated heterocycles. The zero-order valence-corrected chi connectivity index (χ0v) is 12.7. The lowest BCUT2D eigenvalue weighted by Gasteiger charge is -2.28. The molecule has 0 heterocycles. The minimum Gasteiger partial charge on any atom is -0.493 e. The molecular formula is C13H18N2O7. The molecule has 1 aromatic rings. The Bertz CT molecular complexity index is 570. The smallest absolute Gasteiger partial charge is 0.357 e. The van der Waals surface area contributed by atoms with Gasteiger partial charge >= 0.3 is 5.97 Å². The fraction of sp³-hybridized carbons (Fsp3) is 0.462. The van der Waals surface area contributed by atoms with Crippen molar-refractivity contribution in [1.82, 2.24) is 0 Å². The van der Waals surface area contributed by atoms with Gasteiger partial charge in [-0.05, 0) is 0 Å². The van der Waals surface area contributed by atoms with E-state index in [1.807, 2.05) is 0 Å². The van der Waals surface area contributed by atoms with Crippen LogP contribution in [0, 0.1) is 10.1 Å². The summed E-state index contributed by atoms with van der Waals surface area (Å²) >= 11 is 0. The predicted octanol–water partition coefficient (Wildman–Crippen LogP) is 1.86. The van der Waals surface area contributed by atoms with E-state index in [9.17, 15) is 20.0 Å². The minimum absolute atomic E-state index is 0.0460. The summed E-state index contributed by atoms with van der Waals surface area (Å²) in [6, 6.07) is 2.45. The fourth-order valence-electron chi connectivity index (χ4n) is 1.91. The second-order valence-corrected chi connectivity index (χ2v) is 4.30. The van der Waals surface area contributed by atoms with Gasteiger partial charge < -0.3 is 24.6 Å². The number of benzene rings is 1. The van der Waals surface area contributed by atoms with Gasteiger partial charge in [0.1, 0.15) is 5.69 Å². The molecule has 9 nitrogen and oxygen atoms in total. The lowest BCUT2D eigenvalue weighted by Crippen LogP contribution is -2.47. The first-order valence-corrected chi connectivity index (χ1v) is 6.32. The van der Waals surface area contributed by atoms with Crippen molar-refractivity contribution in [2.24, 2.45) is 0 Å². The van der Waals surface area contributed by atoms with Gasteiger partial charge in [-0.25, -0.2) is 4.79 Å². The van der Waals surface area contributed by atoms with Crippen molar-refractivity contribution < 1.29 is 29.0 Å². The highest BCUT2D eigenvalue weighted by atomic mass is 16.6. The quantitative estimate of drug-likeness (QED) is 0.424. The number of carboxylic acids is 1. The normalized spacial score (nSPS) is 13.1. The summed E-state index contributed by atoms with van der Waals surface area (Å²) in [5.41, 5.74) is -2.19. The molecule has 0 aliphatic rings. The Hall–Kier alpha value is -2.55. The maximum absolute atomic E-state index is 11.4. The number of hydrogen-bond acceptors (Lipinski definition) is 7. The third kappa shape index (κ3) is 3.19. The largest absolute Gasteiger partial charge is 0.493 e. The number of nitrogens with one attached hydrogen (secondary N) is 1. The van der Waals surface area contributed by atoms with Crippen molar-refractivity contribution in [3.63, 3.8) is 0 Å². The highest BCUT2D eigenvalue weighted by Crippen LogP contribution is 2.39. The first kappa shape index (κ1) is 17.5. The fourth-order valence-corrected chi connectivity index (χ4v) is 1.91. The maximum Gasteiger partial charge on any atom is 0.357 e. The van der Waals surface area contributed by atoms with Gasteiger partial charge in [0.15, 0.2) is 11.5 Å². The zero-order valence-electron chi connectivity index (χ0n) is 12.7. The van der Waals surface area contributed by atoms with Gasteiger partial charge in [-0.3, -0.25) is 10.1 Å². The molecule has 0 radical (unpaired) electrons. The number of ether oxygens (including phenoxy) is 3. The van der Waals surface area contributed by atoms with E-state index < -0.39 is 16.6 Å². The third-order valence-electron chi connectivity index (χ3n) is 3.23. The predicted molar refractivity (Wildman–Crippen MR) is 77.5 cm³/mol. The molecular weight excluding hydrogens is 296 g/mol. The lowest BCUT2D eigenvalue weighted by molar-refractivity contribution is -0.384. The third-order valence-corrected chi connectivity index (χ3v) is 3.23. The summed E-state index contributed by atoms with van der Waals surface area (Å²) in [5, 5.41) is 23.1. The minimum atomic E-state index is -1.79. The summed E-state index contributed by atoms with van der Waals surface area (Å²) in [6.45, 7) is 1.58. The molecule has 9 heteroatoms. The van der Waals surface area contributed by atoms with E-state index in [4.69, 9.17) is 14.2 Å². The van der Waals surface area contributed by atoms with Crippen LogP contribution in [0.25, 0.3) is 0 Å². The van der Waals surface area contributed by atoms with Gasteiger partial charge in [-0.2, -0.15) is 0 Å². The Balaban J connectivity index is 3.44. The monoisotopic (exact) mass is 314 g/mol. The molecule has 0 aromatic heterocycles. The Labute approximate surface area is 126 Å². The standard InChI is InChI=1S/C13H18N2O7/c1-5-13(22-4,12(16)17)14-8-6-10(20-2)11(21-3)7-9(8)15(18)19/h6-7,14H,5H2,1-4H3,(H,16,17). The van der Waals surface area contributed by atoms with Crippen molar-refractivity contribution in [1.29, 1.82) is 0 Å². The SMILES string of the molecule is CCC(Nc1cc(OC)c(OC)cc1[N+](=O)[O-])(OC)C(=O)O. The molecule has 0 amide bonds. The first-order chi connectivity index (χ1) is 10.3. The Morgan fingerprint density at radius 1 is 1.32 bits per heavy atom. The molecule has 1 aromatic carbocycles. The van der Waals surface area contributed by atoms with Crippen LogP contribution in [0.2, 0.25) is 0 Å². The van der Waals surface area contributed by atoms with Gasteiger partial charge in [0, 0.05) is 19.6 Å². The summed E-state index contributed by atoms with van der Waals surface area (Å²) in [7, 11) is 3.92. The van der Waals surface area contributed by atoms with Gasteiger partial charge in [0.2, 0.25) is 5.72 Å². The zero-order chi connectivity index (χ0) is 16.9. The number of methoxy groups -OCH3 is 3. The molecule has 0 bridgehead atoms. The molecule has 0 saturated carbocycles. The van der Waals surface area contributed by atoms with Gasteiger partial charge in [0.25, 0.3) is 5.69 Å². The van der Waals surface area contributed by atoms with E-state index in [1.54, 1.807) is 6.92 Å². The van der Waals surface area contributed by atoms with Crippen molar-refractivity contribution >= 4 is 17.3 Å². The van der Waals surface area contributed by atoms with Crippen molar-refractivity contribution in [3.05, 3.63) is 22.2 Å². The molecule has 0 aliphatic carbocycles. The van der Waals surface area contributed by atoms with E-state index in [0.717, 1.165) is 6.07 Å². The maximum atomic E-state index is 11.4. The number of hydrogen-bond donors (Lipinski definition) is 2. The number of nitro groups is 1. The van der Waals surface area contributed by atoms with Crippen LogP contribution < -0.4 is 14.8 Å². The number of carbonyl (C=O) groups is 1. The second kappa shape index (κ2) is 6.94. The Morgan fingerprint density at radius 3 is 2.23 bits per heavy atom. The van der Waals surface area contributed by atoms with E-state index in [2.05, 4.69) is 5.32 Å². The molecule has 1 atom stereocenters. The molecule has 122 valence electrons. The van der Waals surface area contributed by atoms with Crippen LogP contribution in [0.15, 0.2) is 12.1 Å². The van der Waals surface area contributed by atoms with Crippen LogP contribution in [-0.2, 0) is 9.53 Å². The highest BCUT2D eigenvalue weighted by molar-refractivity contribution is 5.83. The number of anilines is 1. The molecule has 22 heavy (non-hydrogen) atoms. The summed E-state index contributed by atoms with van der Waals surface area (Å²) in [5.74, 6) is -0.904. The molecule has 1 rings (SSSR count). The molecule has 2 N–H and O–H groups in total. The molecule has 0 spiro atoms. The van der Waals surface area contributed by atoms with E-state index >= 15 is 0 Å². The number of nitrogens with zero attached hydrogens (tertiary/aromatic N) is 1. The van der Waals surface area contributed by atoms with Crippen LogP contribution in [0.5, 0.6) is 11.5 Å². The molecule has 0 fully saturated rings. The van der Waals surface area contributed by atoms with Crippen molar-refractivity contribution in [2.45, 2.75) is 19.1 Å². The highest BCUT2D eigenvalue weighted by Gasteiger charge is 2.39. The van der Waals surface area contributed by atoms with E-state index in [0.29, 0.717) is 0 Å². The van der Waals surface area contributed by atoms with E-state index in [1.165, 1.54) is 27.4 Å². The Kier molecular flexibility index (Phi) is 5.52. The topological polar surface area (TPSA) is 120 Å². The lowest BCUT2D eigenvalue weighted by atomic mass is 10.1. The summed E-state index contributed by atoms with van der Waals surface area (Å²) in [4.78, 5) is 22.0. The average molecular weight is 314 g/mol. The van der Waals surface area contributed by atoms with Crippen LogP contribution in [0.3, 0.4) is 0 Å². The number of rotatable bonds is 8. The van der Waals surface area contributed by atoms with Crippen molar-refractivity contribution in [3.8, 4) is 11.5 Å². The van der Waals surface area contributed by atoms with Gasteiger partial charge in [-0.15, -0.1) is 0 Å². The van der Waals surface area contributed by atoms with Crippen LogP contribution in [0.1, 0.15) is 13.3 Å². The van der Waals surface area contributed by atoms with Gasteiger partial charge in [0.05, 0.1) is 25.2 Å². The first-order valence-electron chi connectivity index (χ1n) is 6.32. The Morgan fingerprint density at radius 2 is 1.86 bits per heavy atom. The summed E-state index contributed by atoms with van der Waals surface area (Å²) < 4.78 is 15.1. The van der Waals surface area contributed by atoms with Crippen LogP contribution in [-0.4, -0.2) is 43.1 Å². The molecule has 1 unspecified atom stereocenters. The van der Waals surface area contributed by atoms with Crippen LogP contribution >= 0.6 is 0 Å². The van der Waals surface area contributed by atoms with Crippen molar-refractivity contribution in [2.75, 3.05) is 26.6 Å².